The minimum absolute atomic E-state index is 0.00790. The van der Waals surface area contributed by atoms with Crippen molar-refractivity contribution in [3.63, 3.8) is 0 Å². The van der Waals surface area contributed by atoms with Gasteiger partial charge in [0.15, 0.2) is 0 Å². The van der Waals surface area contributed by atoms with Crippen molar-refractivity contribution in [2.24, 2.45) is 0 Å². The molecular formula is C33H36FN5O5. The van der Waals surface area contributed by atoms with Crippen molar-refractivity contribution in [2.45, 2.75) is 43.9 Å². The first kappa shape index (κ1) is 30.7. The van der Waals surface area contributed by atoms with Crippen molar-refractivity contribution in [3.05, 3.63) is 107 Å². The summed E-state index contributed by atoms with van der Waals surface area (Å²) in [6.07, 6.45) is -0.622. The number of benzene rings is 3. The molecule has 44 heavy (non-hydrogen) atoms. The molecule has 1 unspecified atom stereocenters. The van der Waals surface area contributed by atoms with E-state index in [1.807, 2.05) is 36.4 Å². The Labute approximate surface area is 255 Å². The van der Waals surface area contributed by atoms with Gasteiger partial charge in [0.1, 0.15) is 18.0 Å². The molecule has 10 nitrogen and oxygen atoms in total. The number of piperazine rings is 1. The van der Waals surface area contributed by atoms with E-state index in [1.54, 1.807) is 24.1 Å². The van der Waals surface area contributed by atoms with E-state index in [1.165, 1.54) is 27.1 Å². The molecular weight excluding hydrogens is 565 g/mol. The molecule has 2 aliphatic rings. The summed E-state index contributed by atoms with van der Waals surface area (Å²) in [6, 6.07) is 24.3. The van der Waals surface area contributed by atoms with E-state index < -0.39 is 24.2 Å². The van der Waals surface area contributed by atoms with Crippen molar-refractivity contribution >= 4 is 23.8 Å². The molecule has 2 saturated heterocycles. The Morgan fingerprint density at radius 3 is 2.16 bits per heavy atom. The summed E-state index contributed by atoms with van der Waals surface area (Å²) in [5.41, 5.74) is 2.89. The number of carbonyl (C=O) groups is 4. The predicted molar refractivity (Wildman–Crippen MR) is 160 cm³/mol. The zero-order chi connectivity index (χ0) is 31.2. The van der Waals surface area contributed by atoms with Gasteiger partial charge in [0.05, 0.1) is 13.1 Å². The van der Waals surface area contributed by atoms with Gasteiger partial charge >= 0.3 is 12.0 Å². The van der Waals surface area contributed by atoms with Crippen LogP contribution in [0.4, 0.5) is 9.18 Å². The molecule has 0 bridgehead atoms. The lowest BCUT2D eigenvalue weighted by Gasteiger charge is -2.54. The summed E-state index contributed by atoms with van der Waals surface area (Å²) in [5.74, 6) is -2.14. The molecule has 2 atom stereocenters. The van der Waals surface area contributed by atoms with Crippen LogP contribution < -0.4 is 5.32 Å². The maximum Gasteiger partial charge on any atom is 0.334 e. The topological polar surface area (TPSA) is 114 Å². The lowest BCUT2D eigenvalue weighted by atomic mass is 9.88. The number of aliphatic carboxylic acids is 1. The van der Waals surface area contributed by atoms with Crippen LogP contribution in [-0.4, -0.2) is 87.6 Å². The van der Waals surface area contributed by atoms with Gasteiger partial charge in [-0.25, -0.2) is 19.2 Å². The lowest BCUT2D eigenvalue weighted by Crippen LogP contribution is -2.76. The van der Waals surface area contributed by atoms with E-state index >= 15 is 0 Å². The predicted octanol–water partition coefficient (Wildman–Crippen LogP) is 3.65. The Morgan fingerprint density at radius 2 is 1.57 bits per heavy atom. The van der Waals surface area contributed by atoms with Gasteiger partial charge in [-0.3, -0.25) is 14.4 Å². The number of carbonyl (C=O) groups excluding carboxylic acids is 3. The largest absolute Gasteiger partial charge is 0.481 e. The maximum atomic E-state index is 13.9. The molecule has 0 saturated carbocycles. The number of carboxylic acid groups (broad SMARTS) is 1. The Bertz CT molecular complexity index is 1430. The molecule has 4 amide bonds. The van der Waals surface area contributed by atoms with Crippen LogP contribution in [0.3, 0.4) is 0 Å². The molecule has 5 rings (SSSR count). The highest BCUT2D eigenvalue weighted by Crippen LogP contribution is 2.31. The molecule has 0 spiro atoms. The van der Waals surface area contributed by atoms with Crippen LogP contribution in [-0.2, 0) is 20.9 Å². The third-order valence-corrected chi connectivity index (χ3v) is 8.23. The van der Waals surface area contributed by atoms with Crippen molar-refractivity contribution in [1.82, 2.24) is 25.1 Å². The molecule has 2 fully saturated rings. The van der Waals surface area contributed by atoms with Gasteiger partial charge in [0, 0.05) is 32.5 Å². The molecule has 0 aliphatic carbocycles. The Balaban J connectivity index is 1.40. The standard InChI is InChI=1S/C33H36FN5O5/c1-36-22-30(40)38-28(16-17-31(41)42)32(43)37(19-18-27(24-8-4-2-5-9-24)25-10-6-3-7-11-25)21-29(38)39(36)33(44)35-20-23-12-14-26(34)15-13-23/h2-15,27-29H,16-22H2,1H3,(H,35,44)(H,41,42)/t28-,29?/m0/s1. The molecule has 11 heteroatoms. The number of urea groups is 1. The molecule has 3 aromatic carbocycles. The fourth-order valence-corrected chi connectivity index (χ4v) is 6.09. The number of hydrogen-bond acceptors (Lipinski definition) is 5. The Morgan fingerprint density at radius 1 is 0.955 bits per heavy atom. The van der Waals surface area contributed by atoms with Gasteiger partial charge in [-0.15, -0.1) is 0 Å². The fourth-order valence-electron chi connectivity index (χ4n) is 6.09. The maximum absolute atomic E-state index is 13.9. The Hall–Kier alpha value is -4.77. The van der Waals surface area contributed by atoms with Gasteiger partial charge in [-0.1, -0.05) is 72.8 Å². The van der Waals surface area contributed by atoms with E-state index in [4.69, 9.17) is 0 Å². The smallest absolute Gasteiger partial charge is 0.334 e. The first-order valence-corrected chi connectivity index (χ1v) is 14.7. The first-order chi connectivity index (χ1) is 21.2. The SMILES string of the molecule is CN1CC(=O)N2C(CN(CCC(c3ccccc3)c3ccccc3)C(=O)[C@@H]2CCC(=O)O)N1C(=O)NCc1ccc(F)cc1. The number of rotatable bonds is 10. The van der Waals surface area contributed by atoms with Gasteiger partial charge in [-0.2, -0.15) is 0 Å². The minimum atomic E-state index is -1.07. The summed E-state index contributed by atoms with van der Waals surface area (Å²) >= 11 is 0. The van der Waals surface area contributed by atoms with Gasteiger partial charge in [-0.05, 0) is 41.7 Å². The summed E-state index contributed by atoms with van der Waals surface area (Å²) < 4.78 is 13.4. The fraction of sp³-hybridized carbons (Fsp3) is 0.333. The van der Waals surface area contributed by atoms with Crippen LogP contribution in [0.2, 0.25) is 0 Å². The van der Waals surface area contributed by atoms with Crippen LogP contribution in [0.15, 0.2) is 84.9 Å². The number of nitrogens with one attached hydrogen (secondary N) is 1. The molecule has 0 radical (unpaired) electrons. The summed E-state index contributed by atoms with van der Waals surface area (Å²) in [7, 11) is 1.63. The third-order valence-electron chi connectivity index (χ3n) is 8.23. The number of amides is 4. The summed E-state index contributed by atoms with van der Waals surface area (Å²) in [4.78, 5) is 55.4. The number of nitrogens with zero attached hydrogens (tertiary/aromatic N) is 4. The first-order valence-electron chi connectivity index (χ1n) is 14.7. The number of hydrazine groups is 1. The summed E-state index contributed by atoms with van der Waals surface area (Å²) in [6.45, 7) is 0.384. The highest BCUT2D eigenvalue weighted by atomic mass is 19.1. The molecule has 230 valence electrons. The second-order valence-electron chi connectivity index (χ2n) is 11.1. The zero-order valence-corrected chi connectivity index (χ0v) is 24.5. The van der Waals surface area contributed by atoms with E-state index in [0.29, 0.717) is 18.5 Å². The normalized spacial score (nSPS) is 18.8. The van der Waals surface area contributed by atoms with Crippen LogP contribution in [0, 0.1) is 5.82 Å². The molecule has 3 aromatic rings. The average Bonchev–Trinajstić information content (AvgIpc) is 3.01. The highest BCUT2D eigenvalue weighted by molar-refractivity contribution is 5.91. The van der Waals surface area contributed by atoms with E-state index in [2.05, 4.69) is 29.6 Å². The average molecular weight is 602 g/mol. The molecule has 2 heterocycles. The molecule has 2 aliphatic heterocycles. The van der Waals surface area contributed by atoms with E-state index in [-0.39, 0.29) is 56.0 Å². The monoisotopic (exact) mass is 601 g/mol. The zero-order valence-electron chi connectivity index (χ0n) is 24.5. The number of hydrogen-bond donors (Lipinski definition) is 2. The van der Waals surface area contributed by atoms with Crippen molar-refractivity contribution in [3.8, 4) is 0 Å². The van der Waals surface area contributed by atoms with Gasteiger partial charge in [0.2, 0.25) is 11.8 Å². The van der Waals surface area contributed by atoms with Crippen LogP contribution in [0.5, 0.6) is 0 Å². The molecule has 2 N–H and O–H groups in total. The quantitative estimate of drug-likeness (QED) is 0.367. The van der Waals surface area contributed by atoms with E-state index in [9.17, 15) is 28.7 Å². The number of fused-ring (bicyclic) bond motifs is 1. The second-order valence-corrected chi connectivity index (χ2v) is 11.1. The van der Waals surface area contributed by atoms with Gasteiger partial charge < -0.3 is 20.2 Å². The van der Waals surface area contributed by atoms with Gasteiger partial charge in [0.25, 0.3) is 0 Å². The van der Waals surface area contributed by atoms with Crippen molar-refractivity contribution < 1.29 is 28.7 Å². The Kier molecular flexibility index (Phi) is 9.54. The lowest BCUT2D eigenvalue weighted by molar-refractivity contribution is -0.187. The number of likely N-dealkylation sites (N-methyl/N-ethyl adjacent to an activating group) is 1. The number of halogens is 1. The van der Waals surface area contributed by atoms with Crippen LogP contribution in [0.1, 0.15) is 41.9 Å². The van der Waals surface area contributed by atoms with Crippen molar-refractivity contribution in [1.29, 1.82) is 0 Å². The number of carboxylic acids is 1. The van der Waals surface area contributed by atoms with E-state index in [0.717, 1.165) is 11.1 Å². The third kappa shape index (κ3) is 6.89. The summed E-state index contributed by atoms with van der Waals surface area (Å²) in [5, 5.41) is 15.2. The minimum Gasteiger partial charge on any atom is -0.481 e. The van der Waals surface area contributed by atoms with Crippen LogP contribution >= 0.6 is 0 Å². The second kappa shape index (κ2) is 13.7. The highest BCUT2D eigenvalue weighted by Gasteiger charge is 2.50. The van der Waals surface area contributed by atoms with Crippen molar-refractivity contribution in [2.75, 3.05) is 26.7 Å². The molecule has 0 aromatic heterocycles. The van der Waals surface area contributed by atoms with Crippen LogP contribution in [0.25, 0.3) is 0 Å².